The van der Waals surface area contributed by atoms with Crippen molar-refractivity contribution in [2.75, 3.05) is 13.1 Å². The summed E-state index contributed by atoms with van der Waals surface area (Å²) < 4.78 is 0. The zero-order chi connectivity index (χ0) is 16.5. The molecule has 24 heavy (non-hydrogen) atoms. The number of thiophene rings is 1. The number of fused-ring (bicyclic) bond motifs is 1. The van der Waals surface area contributed by atoms with Gasteiger partial charge in [0.25, 0.3) is 5.91 Å². The van der Waals surface area contributed by atoms with Gasteiger partial charge >= 0.3 is 0 Å². The smallest absolute Gasteiger partial charge is 0.262 e. The monoisotopic (exact) mass is 340 g/mol. The van der Waals surface area contributed by atoms with Crippen molar-refractivity contribution in [2.45, 2.75) is 44.7 Å². The fourth-order valence-electron chi connectivity index (χ4n) is 4.10. The van der Waals surface area contributed by atoms with Crippen molar-refractivity contribution in [3.63, 3.8) is 0 Å². The fourth-order valence-corrected chi connectivity index (χ4v) is 4.91. The van der Waals surface area contributed by atoms with Crippen LogP contribution < -0.4 is 5.32 Å². The summed E-state index contributed by atoms with van der Waals surface area (Å²) in [5.41, 5.74) is 3.41. The Hall–Kier alpha value is -1.65. The predicted octanol–water partition coefficient (Wildman–Crippen LogP) is 4.08. The van der Waals surface area contributed by atoms with Gasteiger partial charge in [-0.3, -0.25) is 9.69 Å². The summed E-state index contributed by atoms with van der Waals surface area (Å²) >= 11 is 1.54. The zero-order valence-electron chi connectivity index (χ0n) is 14.1. The largest absolute Gasteiger partial charge is 0.347 e. The van der Waals surface area contributed by atoms with E-state index in [9.17, 15) is 4.79 Å². The summed E-state index contributed by atoms with van der Waals surface area (Å²) in [5.74, 6) is 0.0954. The molecule has 0 radical (unpaired) electrons. The molecule has 4 rings (SSSR count). The third-order valence-electron chi connectivity index (χ3n) is 5.41. The van der Waals surface area contributed by atoms with Crippen molar-refractivity contribution < 1.29 is 4.79 Å². The number of rotatable bonds is 3. The van der Waals surface area contributed by atoms with Crippen molar-refractivity contribution in [3.8, 4) is 11.1 Å². The summed E-state index contributed by atoms with van der Waals surface area (Å²) in [6.45, 7) is 4.41. The Morgan fingerprint density at radius 3 is 2.79 bits per heavy atom. The molecule has 1 N–H and O–H groups in total. The van der Waals surface area contributed by atoms with E-state index in [2.05, 4.69) is 47.5 Å². The van der Waals surface area contributed by atoms with Gasteiger partial charge in [-0.15, -0.1) is 11.3 Å². The molecule has 2 unspecified atom stereocenters. The second kappa shape index (κ2) is 6.69. The lowest BCUT2D eigenvalue weighted by Crippen LogP contribution is -2.46. The van der Waals surface area contributed by atoms with Gasteiger partial charge in [-0.2, -0.15) is 0 Å². The van der Waals surface area contributed by atoms with Gasteiger partial charge in [0.05, 0.1) is 4.88 Å². The van der Waals surface area contributed by atoms with Crippen molar-refractivity contribution >= 4 is 17.2 Å². The first-order valence-corrected chi connectivity index (χ1v) is 9.80. The van der Waals surface area contributed by atoms with Crippen molar-refractivity contribution in [1.82, 2.24) is 10.2 Å². The third-order valence-corrected chi connectivity index (χ3v) is 6.32. The molecule has 2 aromatic rings. The Bertz CT molecular complexity index is 721. The molecule has 2 fully saturated rings. The minimum absolute atomic E-state index is 0.0954. The molecule has 0 saturated carbocycles. The number of nitrogens with one attached hydrogen (secondary N) is 1. The normalized spacial score (nSPS) is 23.9. The van der Waals surface area contributed by atoms with E-state index in [-0.39, 0.29) is 5.91 Å². The molecule has 1 amide bonds. The number of nitrogens with zero attached hydrogens (tertiary/aromatic N) is 1. The van der Waals surface area contributed by atoms with Crippen LogP contribution in [0.2, 0.25) is 0 Å². The lowest BCUT2D eigenvalue weighted by atomic mass is 9.98. The molecule has 0 aliphatic carbocycles. The number of aryl methyl sites for hydroxylation is 1. The highest BCUT2D eigenvalue weighted by molar-refractivity contribution is 7.12. The average Bonchev–Trinajstić information content (AvgIpc) is 3.23. The highest BCUT2D eigenvalue weighted by Gasteiger charge is 2.36. The van der Waals surface area contributed by atoms with Crippen LogP contribution in [-0.2, 0) is 0 Å². The summed E-state index contributed by atoms with van der Waals surface area (Å²) in [5, 5.41) is 5.35. The van der Waals surface area contributed by atoms with Gasteiger partial charge in [-0.1, -0.05) is 36.2 Å². The van der Waals surface area contributed by atoms with Crippen LogP contribution in [0.5, 0.6) is 0 Å². The maximum atomic E-state index is 12.9. The Labute approximate surface area is 147 Å². The number of carbonyl (C=O) groups is 1. The van der Waals surface area contributed by atoms with E-state index in [1.54, 1.807) is 11.3 Å². The van der Waals surface area contributed by atoms with Crippen LogP contribution in [0.4, 0.5) is 0 Å². The first-order chi connectivity index (χ1) is 11.7. The minimum Gasteiger partial charge on any atom is -0.347 e. The highest BCUT2D eigenvalue weighted by atomic mass is 32.1. The van der Waals surface area contributed by atoms with Gasteiger partial charge in [0, 0.05) is 24.2 Å². The Morgan fingerprint density at radius 1 is 1.12 bits per heavy atom. The van der Waals surface area contributed by atoms with Gasteiger partial charge in [-0.25, -0.2) is 0 Å². The van der Waals surface area contributed by atoms with Gasteiger partial charge in [-0.05, 0) is 49.7 Å². The van der Waals surface area contributed by atoms with Crippen molar-refractivity contribution in [3.05, 3.63) is 46.2 Å². The molecule has 1 aromatic carbocycles. The number of hydrogen-bond acceptors (Lipinski definition) is 3. The lowest BCUT2D eigenvalue weighted by Gasteiger charge is -2.32. The molecule has 2 aliphatic rings. The van der Waals surface area contributed by atoms with E-state index in [4.69, 9.17) is 0 Å². The van der Waals surface area contributed by atoms with Crippen LogP contribution in [0.15, 0.2) is 35.7 Å². The molecule has 2 saturated heterocycles. The molecule has 1 aromatic heterocycles. The summed E-state index contributed by atoms with van der Waals surface area (Å²) in [7, 11) is 0. The standard InChI is InChI=1S/C20H24N2OS/c1-14-5-7-15(8-6-14)16-10-13-24-19(16)20(23)21-17-9-12-22-11-3-2-4-18(17)22/h5-8,10,13,17-18H,2-4,9,11-12H2,1H3,(H,21,23). The maximum Gasteiger partial charge on any atom is 0.262 e. The van der Waals surface area contributed by atoms with Gasteiger partial charge < -0.3 is 5.32 Å². The van der Waals surface area contributed by atoms with Crippen molar-refractivity contribution in [1.29, 1.82) is 0 Å². The molecule has 0 bridgehead atoms. The van der Waals surface area contributed by atoms with E-state index in [1.165, 1.54) is 31.4 Å². The van der Waals surface area contributed by atoms with Crippen LogP contribution in [0.1, 0.15) is 40.9 Å². The molecule has 126 valence electrons. The number of hydrogen-bond donors (Lipinski definition) is 1. The third kappa shape index (κ3) is 3.01. The lowest BCUT2D eigenvalue weighted by molar-refractivity contribution is 0.0920. The van der Waals surface area contributed by atoms with Gasteiger partial charge in [0.1, 0.15) is 0 Å². The topological polar surface area (TPSA) is 32.3 Å². The van der Waals surface area contributed by atoms with E-state index in [1.807, 2.05) is 5.38 Å². The predicted molar refractivity (Wildman–Crippen MR) is 99.6 cm³/mol. The Kier molecular flexibility index (Phi) is 4.42. The molecule has 2 atom stereocenters. The SMILES string of the molecule is Cc1ccc(-c2ccsc2C(=O)NC2CCN3CCCCC23)cc1. The summed E-state index contributed by atoms with van der Waals surface area (Å²) in [6, 6.07) is 11.3. The van der Waals surface area contributed by atoms with Crippen LogP contribution in [-0.4, -0.2) is 36.0 Å². The molecule has 4 heteroatoms. The summed E-state index contributed by atoms with van der Waals surface area (Å²) in [4.78, 5) is 16.3. The van der Waals surface area contributed by atoms with Crippen LogP contribution in [0.25, 0.3) is 11.1 Å². The summed E-state index contributed by atoms with van der Waals surface area (Å²) in [6.07, 6.45) is 4.91. The van der Waals surface area contributed by atoms with Crippen LogP contribution >= 0.6 is 11.3 Å². The molecule has 0 spiro atoms. The van der Waals surface area contributed by atoms with E-state index < -0.39 is 0 Å². The Balaban J connectivity index is 1.51. The molecular formula is C20H24N2OS. The number of piperidine rings is 1. The van der Waals surface area contributed by atoms with E-state index in [0.29, 0.717) is 12.1 Å². The zero-order valence-corrected chi connectivity index (χ0v) is 14.9. The molecule has 3 nitrogen and oxygen atoms in total. The first-order valence-electron chi connectivity index (χ1n) is 8.92. The second-order valence-corrected chi connectivity index (χ2v) is 7.91. The minimum atomic E-state index is 0.0954. The average molecular weight is 340 g/mol. The second-order valence-electron chi connectivity index (χ2n) is 7.00. The van der Waals surface area contributed by atoms with Crippen LogP contribution in [0.3, 0.4) is 0 Å². The molecular weight excluding hydrogens is 316 g/mol. The number of amides is 1. The van der Waals surface area contributed by atoms with Crippen LogP contribution in [0, 0.1) is 6.92 Å². The number of carbonyl (C=O) groups excluding carboxylic acids is 1. The quantitative estimate of drug-likeness (QED) is 0.913. The molecule has 2 aliphatic heterocycles. The van der Waals surface area contributed by atoms with Gasteiger partial charge in [0.2, 0.25) is 0 Å². The highest BCUT2D eigenvalue weighted by Crippen LogP contribution is 2.31. The molecule has 3 heterocycles. The fraction of sp³-hybridized carbons (Fsp3) is 0.450. The van der Waals surface area contributed by atoms with Gasteiger partial charge in [0.15, 0.2) is 0 Å². The Morgan fingerprint density at radius 2 is 1.96 bits per heavy atom. The van der Waals surface area contributed by atoms with E-state index in [0.717, 1.165) is 29.0 Å². The maximum absolute atomic E-state index is 12.9. The number of benzene rings is 1. The van der Waals surface area contributed by atoms with Crippen molar-refractivity contribution in [2.24, 2.45) is 0 Å². The first kappa shape index (κ1) is 15.9. The van der Waals surface area contributed by atoms with E-state index >= 15 is 0 Å².